The molecule has 0 aliphatic carbocycles. The second kappa shape index (κ2) is 7.90. The fraction of sp³-hybridized carbons (Fsp3) is 0.250. The standard InChI is InChI=1S/C20H17F3O5S/c1-2-3-7-17-18(15-6-4-5-8-16(15)27-17)19(24)13-9-11-14(12-10-13)28-29(25,26)20(21,22)23/h4-6,8-12H,2-3,7H2,1H3. The lowest BCUT2D eigenvalue weighted by atomic mass is 9.98. The Hall–Kier alpha value is -2.81. The zero-order valence-electron chi connectivity index (χ0n) is 15.3. The molecule has 9 heteroatoms. The second-order valence-corrected chi connectivity index (χ2v) is 7.87. The molecule has 0 aliphatic heterocycles. The fourth-order valence-corrected chi connectivity index (χ4v) is 3.30. The Kier molecular flexibility index (Phi) is 5.70. The number of hydrogen-bond acceptors (Lipinski definition) is 5. The van der Waals surface area contributed by atoms with Crippen molar-refractivity contribution in [2.24, 2.45) is 0 Å². The Bertz CT molecular complexity index is 1130. The minimum Gasteiger partial charge on any atom is -0.460 e. The Morgan fingerprint density at radius 3 is 2.34 bits per heavy atom. The summed E-state index contributed by atoms with van der Waals surface area (Å²) >= 11 is 0. The molecule has 29 heavy (non-hydrogen) atoms. The topological polar surface area (TPSA) is 73.6 Å². The van der Waals surface area contributed by atoms with E-state index in [1.807, 2.05) is 6.92 Å². The number of rotatable bonds is 7. The first-order valence-corrected chi connectivity index (χ1v) is 10.2. The highest BCUT2D eigenvalue weighted by atomic mass is 32.2. The number of hydrogen-bond donors (Lipinski definition) is 0. The van der Waals surface area contributed by atoms with Gasteiger partial charge in [-0.2, -0.15) is 21.6 Å². The number of carbonyl (C=O) groups is 1. The molecule has 0 saturated heterocycles. The summed E-state index contributed by atoms with van der Waals surface area (Å²) in [6.07, 6.45) is 2.30. The van der Waals surface area contributed by atoms with Crippen LogP contribution in [0.4, 0.5) is 13.2 Å². The summed E-state index contributed by atoms with van der Waals surface area (Å²) < 4.78 is 69.3. The van der Waals surface area contributed by atoms with Gasteiger partial charge in [0.25, 0.3) is 0 Å². The first kappa shape index (κ1) is 20.9. The van der Waals surface area contributed by atoms with E-state index in [-0.39, 0.29) is 11.3 Å². The van der Waals surface area contributed by atoms with E-state index in [1.54, 1.807) is 24.3 Å². The van der Waals surface area contributed by atoms with Crippen LogP contribution in [0, 0.1) is 0 Å². The van der Waals surface area contributed by atoms with Gasteiger partial charge >= 0.3 is 15.6 Å². The number of halogens is 3. The summed E-state index contributed by atoms with van der Waals surface area (Å²) in [6.45, 7) is 2.01. The smallest absolute Gasteiger partial charge is 0.460 e. The molecule has 1 heterocycles. The van der Waals surface area contributed by atoms with E-state index in [0.29, 0.717) is 28.7 Å². The second-order valence-electron chi connectivity index (χ2n) is 6.34. The Labute approximate surface area is 165 Å². The molecule has 154 valence electrons. The van der Waals surface area contributed by atoms with E-state index in [4.69, 9.17) is 4.42 Å². The number of alkyl halides is 3. The molecule has 0 aliphatic rings. The summed E-state index contributed by atoms with van der Waals surface area (Å²) in [7, 11) is -5.77. The molecule has 3 aromatic rings. The van der Waals surface area contributed by atoms with Crippen LogP contribution in [0.1, 0.15) is 41.4 Å². The van der Waals surface area contributed by atoms with Crippen LogP contribution in [-0.4, -0.2) is 19.7 Å². The van der Waals surface area contributed by atoms with Gasteiger partial charge in [0, 0.05) is 17.4 Å². The first-order valence-electron chi connectivity index (χ1n) is 8.80. The van der Waals surface area contributed by atoms with E-state index >= 15 is 0 Å². The zero-order valence-corrected chi connectivity index (χ0v) is 16.1. The molecule has 0 amide bonds. The highest BCUT2D eigenvalue weighted by molar-refractivity contribution is 7.88. The molecule has 2 aromatic carbocycles. The van der Waals surface area contributed by atoms with Gasteiger partial charge < -0.3 is 8.60 Å². The van der Waals surface area contributed by atoms with Crippen LogP contribution in [-0.2, 0) is 16.5 Å². The third kappa shape index (κ3) is 4.29. The van der Waals surface area contributed by atoms with Gasteiger partial charge in [-0.25, -0.2) is 0 Å². The van der Waals surface area contributed by atoms with Crippen LogP contribution in [0.15, 0.2) is 52.9 Å². The van der Waals surface area contributed by atoms with Crippen molar-refractivity contribution in [3.05, 3.63) is 65.4 Å². The maximum absolute atomic E-state index is 13.1. The van der Waals surface area contributed by atoms with Gasteiger partial charge in [0.15, 0.2) is 5.78 Å². The van der Waals surface area contributed by atoms with Gasteiger partial charge in [0.2, 0.25) is 0 Å². The lowest BCUT2D eigenvalue weighted by molar-refractivity contribution is -0.0500. The molecule has 1 aromatic heterocycles. The molecule has 0 spiro atoms. The molecular weight excluding hydrogens is 409 g/mol. The monoisotopic (exact) mass is 426 g/mol. The van der Waals surface area contributed by atoms with Gasteiger partial charge in [-0.05, 0) is 36.8 Å². The number of aryl methyl sites for hydroxylation is 1. The summed E-state index contributed by atoms with van der Waals surface area (Å²) in [5.41, 5.74) is -4.40. The van der Waals surface area contributed by atoms with Crippen molar-refractivity contribution in [2.45, 2.75) is 31.7 Å². The first-order chi connectivity index (χ1) is 13.6. The molecular formula is C20H17F3O5S. The molecule has 0 radical (unpaired) electrons. The van der Waals surface area contributed by atoms with Crippen molar-refractivity contribution in [1.82, 2.24) is 0 Å². The maximum atomic E-state index is 13.1. The van der Waals surface area contributed by atoms with E-state index in [9.17, 15) is 26.4 Å². The molecule has 0 unspecified atom stereocenters. The molecule has 0 N–H and O–H groups in total. The lowest BCUT2D eigenvalue weighted by Crippen LogP contribution is -2.28. The highest BCUT2D eigenvalue weighted by Gasteiger charge is 2.48. The fourth-order valence-electron chi connectivity index (χ4n) is 2.84. The van der Waals surface area contributed by atoms with Gasteiger partial charge in [-0.3, -0.25) is 4.79 Å². The number of ketones is 1. The minimum absolute atomic E-state index is 0.172. The normalized spacial score (nSPS) is 12.3. The van der Waals surface area contributed by atoms with Crippen LogP contribution in [0.25, 0.3) is 11.0 Å². The van der Waals surface area contributed by atoms with Crippen LogP contribution < -0.4 is 4.18 Å². The molecule has 0 bridgehead atoms. The number of para-hydroxylation sites is 1. The third-order valence-electron chi connectivity index (χ3n) is 4.26. The number of fused-ring (bicyclic) bond motifs is 1. The summed E-state index contributed by atoms with van der Waals surface area (Å²) in [6, 6.07) is 11.5. The van der Waals surface area contributed by atoms with Crippen molar-refractivity contribution < 1.29 is 35.0 Å². The van der Waals surface area contributed by atoms with E-state index in [0.717, 1.165) is 25.0 Å². The maximum Gasteiger partial charge on any atom is 0.534 e. The molecule has 0 atom stereocenters. The molecule has 5 nitrogen and oxygen atoms in total. The van der Waals surface area contributed by atoms with Crippen molar-refractivity contribution in [2.75, 3.05) is 0 Å². The summed E-state index contributed by atoms with van der Waals surface area (Å²) in [5, 5.41) is 0.642. The summed E-state index contributed by atoms with van der Waals surface area (Å²) in [5.74, 6) is -0.369. The van der Waals surface area contributed by atoms with Crippen LogP contribution in [0.2, 0.25) is 0 Å². The number of unbranched alkanes of at least 4 members (excludes halogenated alkanes) is 1. The van der Waals surface area contributed by atoms with Crippen LogP contribution in [0.3, 0.4) is 0 Å². The average molecular weight is 426 g/mol. The predicted molar refractivity (Wildman–Crippen MR) is 100 cm³/mol. The Balaban J connectivity index is 1.93. The lowest BCUT2D eigenvalue weighted by Gasteiger charge is -2.09. The summed E-state index contributed by atoms with van der Waals surface area (Å²) in [4.78, 5) is 13.1. The van der Waals surface area contributed by atoms with E-state index < -0.39 is 21.4 Å². The molecule has 0 fully saturated rings. The molecule has 0 saturated carbocycles. The van der Waals surface area contributed by atoms with Gasteiger partial charge in [-0.1, -0.05) is 31.5 Å². The largest absolute Gasteiger partial charge is 0.534 e. The number of carbonyl (C=O) groups excluding carboxylic acids is 1. The Morgan fingerprint density at radius 1 is 1.07 bits per heavy atom. The quantitative estimate of drug-likeness (QED) is 0.294. The van der Waals surface area contributed by atoms with E-state index in [1.165, 1.54) is 12.1 Å². The van der Waals surface area contributed by atoms with Crippen molar-refractivity contribution in [3.8, 4) is 5.75 Å². The van der Waals surface area contributed by atoms with Crippen molar-refractivity contribution in [3.63, 3.8) is 0 Å². The minimum atomic E-state index is -5.77. The predicted octanol–water partition coefficient (Wildman–Crippen LogP) is 5.23. The van der Waals surface area contributed by atoms with Gasteiger partial charge in [0.05, 0.1) is 5.56 Å². The van der Waals surface area contributed by atoms with Gasteiger partial charge in [-0.15, -0.1) is 0 Å². The van der Waals surface area contributed by atoms with Crippen LogP contribution in [0.5, 0.6) is 5.75 Å². The number of benzene rings is 2. The van der Waals surface area contributed by atoms with Crippen molar-refractivity contribution in [1.29, 1.82) is 0 Å². The van der Waals surface area contributed by atoms with Crippen molar-refractivity contribution >= 4 is 26.9 Å². The number of furan rings is 1. The average Bonchev–Trinajstić information content (AvgIpc) is 3.03. The Morgan fingerprint density at radius 2 is 1.72 bits per heavy atom. The SMILES string of the molecule is CCCCc1oc2ccccc2c1C(=O)c1ccc(OS(=O)(=O)C(F)(F)F)cc1. The highest BCUT2D eigenvalue weighted by Crippen LogP contribution is 2.31. The van der Waals surface area contributed by atoms with Crippen LogP contribution >= 0.6 is 0 Å². The van der Waals surface area contributed by atoms with E-state index in [2.05, 4.69) is 4.18 Å². The zero-order chi connectivity index (χ0) is 21.2. The third-order valence-corrected chi connectivity index (χ3v) is 5.24. The molecule has 3 rings (SSSR count). The van der Waals surface area contributed by atoms with Gasteiger partial charge in [0.1, 0.15) is 17.1 Å².